The van der Waals surface area contributed by atoms with Crippen molar-refractivity contribution in [2.45, 2.75) is 25.2 Å². The van der Waals surface area contributed by atoms with Gasteiger partial charge in [-0.25, -0.2) is 0 Å². The normalized spacial score (nSPS) is 30.1. The number of hydrogen-bond acceptors (Lipinski definition) is 2. The SMILES string of the molecule is CNCC1C2CCC(C2)C1c1ccc2cc(OC)ccc2c1. The van der Waals surface area contributed by atoms with Gasteiger partial charge in [-0.2, -0.15) is 0 Å². The van der Waals surface area contributed by atoms with Gasteiger partial charge in [0, 0.05) is 0 Å². The van der Waals surface area contributed by atoms with Gasteiger partial charge in [0.05, 0.1) is 7.11 Å². The fraction of sp³-hybridized carbons (Fsp3) is 0.500. The summed E-state index contributed by atoms with van der Waals surface area (Å²) in [5.41, 5.74) is 1.55. The van der Waals surface area contributed by atoms with Crippen LogP contribution in [-0.4, -0.2) is 20.7 Å². The molecule has 2 aromatic rings. The molecule has 2 nitrogen and oxygen atoms in total. The Morgan fingerprint density at radius 3 is 2.64 bits per heavy atom. The van der Waals surface area contributed by atoms with Gasteiger partial charge in [-0.1, -0.05) is 24.3 Å². The molecule has 22 heavy (non-hydrogen) atoms. The highest BCUT2D eigenvalue weighted by molar-refractivity contribution is 5.84. The van der Waals surface area contributed by atoms with E-state index >= 15 is 0 Å². The van der Waals surface area contributed by atoms with Crippen LogP contribution in [0.2, 0.25) is 0 Å². The van der Waals surface area contributed by atoms with Gasteiger partial charge in [0.25, 0.3) is 0 Å². The summed E-state index contributed by atoms with van der Waals surface area (Å²) >= 11 is 0. The predicted octanol–water partition coefficient (Wildman–Crippen LogP) is 4.20. The van der Waals surface area contributed by atoms with Crippen molar-refractivity contribution in [2.75, 3.05) is 20.7 Å². The van der Waals surface area contributed by atoms with E-state index in [1.54, 1.807) is 12.7 Å². The van der Waals surface area contributed by atoms with Gasteiger partial charge < -0.3 is 10.1 Å². The summed E-state index contributed by atoms with van der Waals surface area (Å²) in [5, 5.41) is 6.04. The van der Waals surface area contributed by atoms with Gasteiger partial charge >= 0.3 is 0 Å². The van der Waals surface area contributed by atoms with Crippen molar-refractivity contribution in [1.82, 2.24) is 5.32 Å². The average molecular weight is 295 g/mol. The molecule has 2 aliphatic carbocycles. The largest absolute Gasteiger partial charge is 0.497 e. The van der Waals surface area contributed by atoms with Crippen LogP contribution in [0.1, 0.15) is 30.7 Å². The maximum absolute atomic E-state index is 5.33. The molecule has 2 heteroatoms. The number of rotatable bonds is 4. The molecule has 0 spiro atoms. The number of ether oxygens (including phenoxy) is 1. The van der Waals surface area contributed by atoms with Crippen LogP contribution >= 0.6 is 0 Å². The first-order valence-electron chi connectivity index (χ1n) is 8.52. The molecule has 2 bridgehead atoms. The molecule has 2 aromatic carbocycles. The van der Waals surface area contributed by atoms with Gasteiger partial charge in [0.15, 0.2) is 0 Å². The van der Waals surface area contributed by atoms with Crippen LogP contribution in [0.15, 0.2) is 36.4 Å². The Morgan fingerprint density at radius 1 is 1.05 bits per heavy atom. The van der Waals surface area contributed by atoms with E-state index < -0.39 is 0 Å². The minimum atomic E-state index is 0.748. The Labute approximate surface area is 132 Å². The fourth-order valence-corrected chi connectivity index (χ4v) is 5.04. The van der Waals surface area contributed by atoms with E-state index in [1.165, 1.54) is 30.0 Å². The first-order chi connectivity index (χ1) is 10.8. The molecular formula is C20H25NO. The van der Waals surface area contributed by atoms with Crippen LogP contribution in [0.4, 0.5) is 0 Å². The lowest BCUT2D eigenvalue weighted by atomic mass is 9.75. The summed E-state index contributed by atoms with van der Waals surface area (Å²) in [6, 6.07) is 13.4. The van der Waals surface area contributed by atoms with E-state index in [0.29, 0.717) is 0 Å². The number of fused-ring (bicyclic) bond motifs is 3. The van der Waals surface area contributed by atoms with Crippen molar-refractivity contribution in [3.05, 3.63) is 42.0 Å². The second-order valence-electron chi connectivity index (χ2n) is 7.05. The predicted molar refractivity (Wildman–Crippen MR) is 91.5 cm³/mol. The summed E-state index contributed by atoms with van der Waals surface area (Å²) in [4.78, 5) is 0. The zero-order valence-corrected chi connectivity index (χ0v) is 13.5. The van der Waals surface area contributed by atoms with Crippen molar-refractivity contribution < 1.29 is 4.74 Å². The molecule has 0 saturated heterocycles. The number of benzene rings is 2. The first kappa shape index (κ1) is 14.1. The molecule has 4 atom stereocenters. The Hall–Kier alpha value is -1.54. The third kappa shape index (κ3) is 2.21. The second-order valence-corrected chi connectivity index (χ2v) is 7.05. The van der Waals surface area contributed by atoms with Crippen LogP contribution in [0.25, 0.3) is 10.8 Å². The summed E-state index contributed by atoms with van der Waals surface area (Å²) in [6.45, 7) is 1.16. The van der Waals surface area contributed by atoms with E-state index in [9.17, 15) is 0 Å². The van der Waals surface area contributed by atoms with Crippen LogP contribution in [-0.2, 0) is 0 Å². The Balaban J connectivity index is 1.71. The lowest BCUT2D eigenvalue weighted by Gasteiger charge is -2.31. The molecule has 0 aliphatic heterocycles. The molecule has 1 N–H and O–H groups in total. The maximum Gasteiger partial charge on any atom is 0.119 e. The fourth-order valence-electron chi connectivity index (χ4n) is 5.04. The summed E-state index contributed by atoms with van der Waals surface area (Å²) in [7, 11) is 3.82. The summed E-state index contributed by atoms with van der Waals surface area (Å²) in [6.07, 6.45) is 4.31. The number of hydrogen-bond donors (Lipinski definition) is 1. The van der Waals surface area contributed by atoms with Crippen molar-refractivity contribution in [3.8, 4) is 5.75 Å². The summed E-state index contributed by atoms with van der Waals surface area (Å²) in [5.74, 6) is 4.35. The van der Waals surface area contributed by atoms with E-state index in [-0.39, 0.29) is 0 Å². The van der Waals surface area contributed by atoms with Gasteiger partial charge in [-0.05, 0) is 85.0 Å². The first-order valence-corrected chi connectivity index (χ1v) is 8.52. The van der Waals surface area contributed by atoms with E-state index in [4.69, 9.17) is 4.74 Å². The van der Waals surface area contributed by atoms with E-state index in [1.807, 2.05) is 0 Å². The molecule has 0 radical (unpaired) electrons. The van der Waals surface area contributed by atoms with Crippen molar-refractivity contribution in [2.24, 2.45) is 17.8 Å². The highest BCUT2D eigenvalue weighted by atomic mass is 16.5. The molecule has 4 unspecified atom stereocenters. The van der Waals surface area contributed by atoms with Crippen molar-refractivity contribution >= 4 is 10.8 Å². The minimum Gasteiger partial charge on any atom is -0.497 e. The van der Waals surface area contributed by atoms with Crippen molar-refractivity contribution in [1.29, 1.82) is 0 Å². The van der Waals surface area contributed by atoms with Crippen LogP contribution < -0.4 is 10.1 Å². The molecule has 2 saturated carbocycles. The average Bonchev–Trinajstić information content (AvgIpc) is 3.15. The van der Waals surface area contributed by atoms with Crippen LogP contribution in [0.3, 0.4) is 0 Å². The molecule has 2 fully saturated rings. The monoisotopic (exact) mass is 295 g/mol. The quantitative estimate of drug-likeness (QED) is 0.913. The number of methoxy groups -OCH3 is 1. The van der Waals surface area contributed by atoms with E-state index in [2.05, 4.69) is 48.8 Å². The standard InChI is InChI=1S/C20H25NO/c1-21-12-19-15-4-6-17(10-15)20(19)16-5-3-14-11-18(22-2)8-7-13(14)9-16/h3,5,7-9,11,15,17,19-21H,4,6,10,12H2,1-2H3. The zero-order valence-electron chi connectivity index (χ0n) is 13.5. The Kier molecular flexibility index (Phi) is 3.57. The highest BCUT2D eigenvalue weighted by Gasteiger charge is 2.47. The second kappa shape index (κ2) is 5.58. The Morgan fingerprint density at radius 2 is 1.82 bits per heavy atom. The van der Waals surface area contributed by atoms with Gasteiger partial charge in [-0.3, -0.25) is 0 Å². The van der Waals surface area contributed by atoms with Crippen molar-refractivity contribution in [3.63, 3.8) is 0 Å². The van der Waals surface area contributed by atoms with Gasteiger partial charge in [0.1, 0.15) is 5.75 Å². The lowest BCUT2D eigenvalue weighted by Crippen LogP contribution is -2.29. The topological polar surface area (TPSA) is 21.3 Å². The zero-order chi connectivity index (χ0) is 15.1. The molecule has 0 amide bonds. The van der Waals surface area contributed by atoms with E-state index in [0.717, 1.165) is 36.0 Å². The molecule has 2 aliphatic rings. The third-order valence-electron chi connectivity index (χ3n) is 5.98. The van der Waals surface area contributed by atoms with Gasteiger partial charge in [0.2, 0.25) is 0 Å². The van der Waals surface area contributed by atoms with Crippen LogP contribution in [0.5, 0.6) is 5.75 Å². The third-order valence-corrected chi connectivity index (χ3v) is 5.98. The number of nitrogens with one attached hydrogen (secondary N) is 1. The van der Waals surface area contributed by atoms with Crippen LogP contribution in [0, 0.1) is 17.8 Å². The molecule has 0 aromatic heterocycles. The molecule has 4 rings (SSSR count). The minimum absolute atomic E-state index is 0.748. The molecule has 116 valence electrons. The smallest absolute Gasteiger partial charge is 0.119 e. The molecule has 0 heterocycles. The Bertz CT molecular complexity index is 680. The summed E-state index contributed by atoms with van der Waals surface area (Å²) < 4.78 is 5.33. The van der Waals surface area contributed by atoms with Gasteiger partial charge in [-0.15, -0.1) is 0 Å². The molecular weight excluding hydrogens is 270 g/mol. The maximum atomic E-state index is 5.33. The lowest BCUT2D eigenvalue weighted by molar-refractivity contribution is 0.282. The highest BCUT2D eigenvalue weighted by Crippen LogP contribution is 2.56.